The predicted octanol–water partition coefficient (Wildman–Crippen LogP) is 13.6. The van der Waals surface area contributed by atoms with Crippen molar-refractivity contribution in [2.24, 2.45) is 9.98 Å². The Hall–Kier alpha value is -7.08. The van der Waals surface area contributed by atoms with E-state index in [4.69, 9.17) is 14.4 Å². The summed E-state index contributed by atoms with van der Waals surface area (Å²) in [5.41, 5.74) is 7.06. The fourth-order valence-corrected chi connectivity index (χ4v) is 9.95. The molecule has 0 spiro atoms. The van der Waals surface area contributed by atoms with Crippen LogP contribution in [0.4, 0.5) is 0 Å². The number of nitrogens with zero attached hydrogens (tertiary/aromatic N) is 2. The van der Waals surface area contributed by atoms with Gasteiger partial charge in [-0.25, -0.2) is 9.98 Å². The maximum absolute atomic E-state index is 6.67. The van der Waals surface area contributed by atoms with E-state index in [1.54, 1.807) is 11.3 Å². The lowest BCUT2D eigenvalue weighted by atomic mass is 9.91. The third kappa shape index (κ3) is 4.78. The molecule has 2 aromatic heterocycles. The molecule has 1 atom stereocenters. The fourth-order valence-electron chi connectivity index (χ4n) is 8.74. The van der Waals surface area contributed by atoms with Crippen LogP contribution in [0.3, 0.4) is 0 Å². The molecule has 0 saturated heterocycles. The Morgan fingerprint density at radius 2 is 1.11 bits per heavy atom. The lowest BCUT2D eigenvalue weighted by molar-refractivity contribution is 0.655. The van der Waals surface area contributed by atoms with E-state index in [0.717, 1.165) is 55.6 Å². The summed E-state index contributed by atoms with van der Waals surface area (Å²) in [5, 5.41) is 16.0. The molecule has 11 aromatic rings. The van der Waals surface area contributed by atoms with Crippen molar-refractivity contribution in [2.45, 2.75) is 6.17 Å². The molecule has 0 amide bonds. The molecule has 4 nitrogen and oxygen atoms in total. The molecule has 56 heavy (non-hydrogen) atoms. The lowest BCUT2D eigenvalue weighted by Gasteiger charge is -2.24. The Morgan fingerprint density at radius 1 is 0.464 bits per heavy atom. The van der Waals surface area contributed by atoms with Gasteiger partial charge in [-0.15, -0.1) is 11.3 Å². The molecule has 1 unspecified atom stereocenters. The summed E-state index contributed by atoms with van der Waals surface area (Å²) in [4.78, 5) is 10.4. The number of furan rings is 1. The van der Waals surface area contributed by atoms with Crippen LogP contribution in [0.25, 0.3) is 85.6 Å². The van der Waals surface area contributed by atoms with E-state index >= 15 is 0 Å². The molecule has 1 aliphatic rings. The van der Waals surface area contributed by atoms with Crippen molar-refractivity contribution in [1.82, 2.24) is 5.32 Å². The molecule has 0 radical (unpaired) electrons. The van der Waals surface area contributed by atoms with Crippen LogP contribution < -0.4 is 5.32 Å². The Balaban J connectivity index is 0.989. The molecule has 0 saturated carbocycles. The summed E-state index contributed by atoms with van der Waals surface area (Å²) < 4.78 is 9.15. The van der Waals surface area contributed by atoms with Gasteiger partial charge in [0.2, 0.25) is 0 Å². The Kier molecular flexibility index (Phi) is 6.83. The van der Waals surface area contributed by atoms with E-state index in [0.29, 0.717) is 5.84 Å². The summed E-state index contributed by atoms with van der Waals surface area (Å²) in [5.74, 6) is 1.51. The van der Waals surface area contributed by atoms with E-state index in [-0.39, 0.29) is 6.17 Å². The van der Waals surface area contributed by atoms with Gasteiger partial charge in [-0.1, -0.05) is 146 Å². The van der Waals surface area contributed by atoms with Crippen LogP contribution in [0.5, 0.6) is 0 Å². The van der Waals surface area contributed by atoms with Gasteiger partial charge in [-0.05, 0) is 73.8 Å². The zero-order chi connectivity index (χ0) is 36.7. The molecule has 1 N–H and O–H groups in total. The second-order valence-corrected chi connectivity index (χ2v) is 15.5. The maximum atomic E-state index is 6.67. The lowest BCUT2D eigenvalue weighted by Crippen LogP contribution is -2.33. The van der Waals surface area contributed by atoms with Crippen molar-refractivity contribution in [3.05, 3.63) is 193 Å². The largest absolute Gasteiger partial charge is 0.456 e. The van der Waals surface area contributed by atoms with Gasteiger partial charge in [0.1, 0.15) is 23.2 Å². The number of aliphatic imine (C=N–C) groups is 2. The van der Waals surface area contributed by atoms with Gasteiger partial charge in [0.25, 0.3) is 0 Å². The molecule has 262 valence electrons. The first-order chi connectivity index (χ1) is 27.7. The van der Waals surface area contributed by atoms with Gasteiger partial charge in [0, 0.05) is 47.6 Å². The van der Waals surface area contributed by atoms with Gasteiger partial charge in [0.15, 0.2) is 5.84 Å². The minimum absolute atomic E-state index is 0.372. The molecule has 0 bridgehead atoms. The maximum Gasteiger partial charge on any atom is 0.159 e. The molecular formula is C51H31N3OS. The van der Waals surface area contributed by atoms with Gasteiger partial charge < -0.3 is 9.73 Å². The first-order valence-electron chi connectivity index (χ1n) is 18.9. The third-order valence-corrected chi connectivity index (χ3v) is 12.5. The van der Waals surface area contributed by atoms with Crippen LogP contribution in [0, 0.1) is 0 Å². The molecule has 1 aliphatic heterocycles. The molecular weight excluding hydrogens is 703 g/mol. The van der Waals surface area contributed by atoms with Crippen molar-refractivity contribution in [2.75, 3.05) is 0 Å². The summed E-state index contributed by atoms with van der Waals surface area (Å²) in [6.07, 6.45) is -0.372. The molecule has 3 heterocycles. The minimum atomic E-state index is -0.372. The number of fused-ring (bicyclic) bond motifs is 12. The summed E-state index contributed by atoms with van der Waals surface area (Å²) in [6.45, 7) is 0. The quantitative estimate of drug-likeness (QED) is 0.183. The van der Waals surface area contributed by atoms with Crippen molar-refractivity contribution in [3.63, 3.8) is 0 Å². The van der Waals surface area contributed by atoms with Crippen LogP contribution in [0.2, 0.25) is 0 Å². The van der Waals surface area contributed by atoms with E-state index in [9.17, 15) is 0 Å². The van der Waals surface area contributed by atoms with Gasteiger partial charge in [-0.3, -0.25) is 0 Å². The van der Waals surface area contributed by atoms with Gasteiger partial charge in [0.05, 0.1) is 0 Å². The van der Waals surface area contributed by atoms with E-state index in [2.05, 4.69) is 163 Å². The van der Waals surface area contributed by atoms with Crippen LogP contribution in [0.15, 0.2) is 190 Å². The number of hydrogen-bond donors (Lipinski definition) is 1. The summed E-state index contributed by atoms with van der Waals surface area (Å²) in [6, 6.07) is 62.6. The number of thiophene rings is 1. The van der Waals surface area contributed by atoms with Crippen molar-refractivity contribution in [1.29, 1.82) is 0 Å². The Labute approximate surface area is 325 Å². The monoisotopic (exact) mass is 733 g/mol. The van der Waals surface area contributed by atoms with Crippen LogP contribution in [0.1, 0.15) is 22.9 Å². The summed E-state index contributed by atoms with van der Waals surface area (Å²) >= 11 is 1.81. The molecule has 0 fully saturated rings. The highest BCUT2D eigenvalue weighted by Gasteiger charge is 2.24. The Morgan fingerprint density at radius 3 is 1.91 bits per heavy atom. The standard InChI is InChI=1S/C51H31N3OS/c1-2-12-30(13-3-1)49-52-50(54-51(53-49)42-21-10-20-40-39-18-8-9-23-46(39)56-48(40)42)32-25-27-41-45(29-32)55-44-22-11-19-33(47(41)44)31-24-26-38-36-16-5-4-14-34(36)35-15-6-7-17-37(35)43(38)28-31/h1-29,50H,(H,52,53,54). The topological polar surface area (TPSA) is 49.9 Å². The normalized spacial score (nSPS) is 14.6. The SMILES string of the molecule is c1ccc(C2=NC(c3ccc4c(c3)oc3cccc(-c5ccc6c7ccccc7c7ccccc7c6c5)c34)NC(c3cccc4c3sc3ccccc34)=N2)cc1. The van der Waals surface area contributed by atoms with Crippen molar-refractivity contribution < 1.29 is 4.42 Å². The smallest absolute Gasteiger partial charge is 0.159 e. The number of hydrogen-bond acceptors (Lipinski definition) is 5. The average Bonchev–Trinajstić information content (AvgIpc) is 3.85. The second-order valence-electron chi connectivity index (χ2n) is 14.5. The van der Waals surface area contributed by atoms with Gasteiger partial charge >= 0.3 is 0 Å². The van der Waals surface area contributed by atoms with E-state index < -0.39 is 0 Å². The highest BCUT2D eigenvalue weighted by atomic mass is 32.1. The predicted molar refractivity (Wildman–Crippen MR) is 236 cm³/mol. The van der Waals surface area contributed by atoms with E-state index in [1.807, 2.05) is 18.2 Å². The number of benzene rings is 9. The number of amidine groups is 2. The number of rotatable bonds is 4. The zero-order valence-electron chi connectivity index (χ0n) is 30.0. The molecule has 12 rings (SSSR count). The second kappa shape index (κ2) is 12.2. The Bertz CT molecular complexity index is 3430. The first-order valence-corrected chi connectivity index (χ1v) is 19.7. The van der Waals surface area contributed by atoms with Gasteiger partial charge in [-0.2, -0.15) is 0 Å². The van der Waals surface area contributed by atoms with Crippen LogP contribution >= 0.6 is 11.3 Å². The molecule has 5 heteroatoms. The molecule has 9 aromatic carbocycles. The van der Waals surface area contributed by atoms with Crippen molar-refractivity contribution in [3.8, 4) is 11.1 Å². The van der Waals surface area contributed by atoms with Crippen LogP contribution in [-0.4, -0.2) is 11.7 Å². The number of nitrogens with one attached hydrogen (secondary N) is 1. The fraction of sp³-hybridized carbons (Fsp3) is 0.0196. The highest BCUT2D eigenvalue weighted by molar-refractivity contribution is 7.26. The highest BCUT2D eigenvalue weighted by Crippen LogP contribution is 2.42. The van der Waals surface area contributed by atoms with Crippen LogP contribution in [-0.2, 0) is 0 Å². The van der Waals surface area contributed by atoms with E-state index in [1.165, 1.54) is 52.5 Å². The molecule has 0 aliphatic carbocycles. The first kappa shape index (κ1) is 31.3. The van der Waals surface area contributed by atoms with Crippen molar-refractivity contribution >= 4 is 97.4 Å². The zero-order valence-corrected chi connectivity index (χ0v) is 30.8. The summed E-state index contributed by atoms with van der Waals surface area (Å²) in [7, 11) is 0. The third-order valence-electron chi connectivity index (χ3n) is 11.3. The minimum Gasteiger partial charge on any atom is -0.456 e. The average molecular weight is 734 g/mol.